The highest BCUT2D eigenvalue weighted by molar-refractivity contribution is 5.78. The van der Waals surface area contributed by atoms with Crippen LogP contribution < -0.4 is 0 Å². The lowest BCUT2D eigenvalue weighted by atomic mass is 9.94. The van der Waals surface area contributed by atoms with Crippen LogP contribution in [-0.4, -0.2) is 67.4 Å². The van der Waals surface area contributed by atoms with Crippen LogP contribution in [0.5, 0.6) is 0 Å². The molecule has 3 fully saturated rings. The van der Waals surface area contributed by atoms with E-state index in [4.69, 9.17) is 0 Å². The summed E-state index contributed by atoms with van der Waals surface area (Å²) in [6.45, 7) is 3.70. The summed E-state index contributed by atoms with van der Waals surface area (Å²) >= 11 is 0. The van der Waals surface area contributed by atoms with E-state index in [1.807, 2.05) is 12.3 Å². The highest BCUT2D eigenvalue weighted by atomic mass is 16.2. The van der Waals surface area contributed by atoms with Crippen LogP contribution in [0.3, 0.4) is 0 Å². The molecule has 0 N–H and O–H groups in total. The molecule has 2 aliphatic heterocycles. The maximum atomic E-state index is 13.8. The smallest absolute Gasteiger partial charge is 0.319 e. The number of piperidine rings is 1. The van der Waals surface area contributed by atoms with Crippen molar-refractivity contribution in [2.45, 2.75) is 69.6 Å². The summed E-state index contributed by atoms with van der Waals surface area (Å²) < 4.78 is 0. The fourth-order valence-corrected chi connectivity index (χ4v) is 6.42. The Morgan fingerprint density at radius 1 is 0.811 bits per heavy atom. The van der Waals surface area contributed by atoms with Crippen molar-refractivity contribution in [2.75, 3.05) is 19.6 Å². The molecule has 7 nitrogen and oxygen atoms in total. The van der Waals surface area contributed by atoms with Gasteiger partial charge in [0.2, 0.25) is 0 Å². The predicted octanol–water partition coefficient (Wildman–Crippen LogP) is 5.31. The van der Waals surface area contributed by atoms with Crippen LogP contribution in [-0.2, 0) is 6.54 Å². The van der Waals surface area contributed by atoms with E-state index in [-0.39, 0.29) is 12.1 Å². The Morgan fingerprint density at radius 3 is 2.27 bits per heavy atom. The molecular weight excluding hydrogens is 460 g/mol. The fourth-order valence-electron chi connectivity index (χ4n) is 6.42. The number of nitrogens with zero attached hydrogens (tertiary/aromatic N) is 6. The quantitative estimate of drug-likeness (QED) is 0.462. The van der Waals surface area contributed by atoms with E-state index < -0.39 is 0 Å². The fraction of sp³-hybridized carbons (Fsp3) is 0.467. The molecule has 1 unspecified atom stereocenters. The minimum absolute atomic E-state index is 0.158. The van der Waals surface area contributed by atoms with Gasteiger partial charge in [0.15, 0.2) is 0 Å². The number of amides is 2. The molecule has 3 aliphatic rings. The second-order valence-electron chi connectivity index (χ2n) is 10.7. The molecule has 1 aromatic carbocycles. The molecule has 6 rings (SSSR count). The SMILES string of the molecule is O=C1N(C2CCCCC2)CC(c2ccccc2)N1C1CCN(Cc2ccc(-c3cncnc3)nc2)CC1. The van der Waals surface area contributed by atoms with Gasteiger partial charge in [0.1, 0.15) is 6.33 Å². The molecule has 7 heteroatoms. The zero-order valence-electron chi connectivity index (χ0n) is 21.5. The van der Waals surface area contributed by atoms with Gasteiger partial charge in [0.25, 0.3) is 0 Å². The molecule has 192 valence electrons. The summed E-state index contributed by atoms with van der Waals surface area (Å²) in [6.07, 6.45) is 15.2. The number of carbonyl (C=O) groups excluding carboxylic acids is 1. The van der Waals surface area contributed by atoms with E-state index in [0.29, 0.717) is 12.1 Å². The van der Waals surface area contributed by atoms with Crippen molar-refractivity contribution in [3.63, 3.8) is 0 Å². The third kappa shape index (κ3) is 5.23. The van der Waals surface area contributed by atoms with Crippen molar-refractivity contribution < 1.29 is 4.79 Å². The molecule has 2 saturated heterocycles. The van der Waals surface area contributed by atoms with E-state index in [0.717, 1.165) is 63.1 Å². The minimum atomic E-state index is 0.158. The van der Waals surface area contributed by atoms with Crippen molar-refractivity contribution >= 4 is 6.03 Å². The Bertz CT molecular complexity index is 1160. The van der Waals surface area contributed by atoms with Crippen molar-refractivity contribution in [3.05, 3.63) is 78.5 Å². The zero-order valence-corrected chi connectivity index (χ0v) is 21.5. The van der Waals surface area contributed by atoms with E-state index in [1.54, 1.807) is 12.4 Å². The van der Waals surface area contributed by atoms with Gasteiger partial charge in [0, 0.05) is 62.4 Å². The number of carbonyl (C=O) groups is 1. The van der Waals surface area contributed by atoms with Gasteiger partial charge >= 0.3 is 6.03 Å². The maximum absolute atomic E-state index is 13.8. The van der Waals surface area contributed by atoms with Gasteiger partial charge in [-0.15, -0.1) is 0 Å². The van der Waals surface area contributed by atoms with Crippen LogP contribution in [0.1, 0.15) is 62.1 Å². The number of hydrogen-bond donors (Lipinski definition) is 0. The third-order valence-corrected chi connectivity index (χ3v) is 8.41. The third-order valence-electron chi connectivity index (χ3n) is 8.41. The first kappa shape index (κ1) is 24.0. The maximum Gasteiger partial charge on any atom is 0.321 e. The van der Waals surface area contributed by atoms with E-state index in [9.17, 15) is 4.79 Å². The monoisotopic (exact) mass is 496 g/mol. The largest absolute Gasteiger partial charge is 0.321 e. The van der Waals surface area contributed by atoms with Crippen molar-refractivity contribution in [2.24, 2.45) is 0 Å². The highest BCUT2D eigenvalue weighted by Crippen LogP contribution is 2.38. The average molecular weight is 497 g/mol. The Kier molecular flexibility index (Phi) is 7.13. The van der Waals surface area contributed by atoms with Crippen LogP contribution in [0.25, 0.3) is 11.3 Å². The first-order chi connectivity index (χ1) is 18.3. The Labute approximate surface area is 219 Å². The van der Waals surface area contributed by atoms with Crippen LogP contribution in [0.15, 0.2) is 67.4 Å². The van der Waals surface area contributed by atoms with Crippen molar-refractivity contribution in [1.82, 2.24) is 29.7 Å². The molecule has 1 saturated carbocycles. The van der Waals surface area contributed by atoms with E-state index in [2.05, 4.69) is 66.0 Å². The number of rotatable bonds is 6. The lowest BCUT2D eigenvalue weighted by Crippen LogP contribution is -2.48. The van der Waals surface area contributed by atoms with Gasteiger partial charge in [0.05, 0.1) is 11.7 Å². The molecule has 2 amide bonds. The molecule has 3 aromatic rings. The standard InChI is InChI=1S/C30H36N6O/c37-30-35(26-9-5-2-6-10-26)21-29(24-7-3-1-4-8-24)36(30)27-13-15-34(16-14-27)20-23-11-12-28(33-17-23)25-18-31-22-32-19-25/h1,3-4,7-8,11-12,17-19,22,26-27,29H,2,5-6,9-10,13-16,20-21H2. The summed E-state index contributed by atoms with van der Waals surface area (Å²) in [4.78, 5) is 33.6. The van der Waals surface area contributed by atoms with Gasteiger partial charge in [-0.2, -0.15) is 0 Å². The second-order valence-corrected chi connectivity index (χ2v) is 10.7. The number of benzene rings is 1. The lowest BCUT2D eigenvalue weighted by molar-refractivity contribution is 0.106. The number of hydrogen-bond acceptors (Lipinski definition) is 5. The van der Waals surface area contributed by atoms with Crippen LogP contribution in [0.2, 0.25) is 0 Å². The Balaban J connectivity index is 1.11. The first-order valence-electron chi connectivity index (χ1n) is 13.8. The summed E-state index contributed by atoms with van der Waals surface area (Å²) in [5.74, 6) is 0. The number of likely N-dealkylation sites (tertiary alicyclic amines) is 1. The zero-order chi connectivity index (χ0) is 25.0. The molecule has 0 spiro atoms. The Morgan fingerprint density at radius 2 is 1.57 bits per heavy atom. The van der Waals surface area contributed by atoms with Crippen LogP contribution in [0.4, 0.5) is 4.79 Å². The first-order valence-corrected chi connectivity index (χ1v) is 13.8. The van der Waals surface area contributed by atoms with Crippen molar-refractivity contribution in [1.29, 1.82) is 0 Å². The van der Waals surface area contributed by atoms with Crippen LogP contribution >= 0.6 is 0 Å². The van der Waals surface area contributed by atoms with Gasteiger partial charge < -0.3 is 9.80 Å². The van der Waals surface area contributed by atoms with Crippen LogP contribution in [0, 0.1) is 0 Å². The minimum Gasteiger partial charge on any atom is -0.319 e. The summed E-state index contributed by atoms with van der Waals surface area (Å²) in [7, 11) is 0. The molecule has 2 aromatic heterocycles. The van der Waals surface area contributed by atoms with Crippen molar-refractivity contribution in [3.8, 4) is 11.3 Å². The van der Waals surface area contributed by atoms with Gasteiger partial charge in [-0.25, -0.2) is 14.8 Å². The molecule has 1 atom stereocenters. The molecule has 4 heterocycles. The topological polar surface area (TPSA) is 65.5 Å². The Hall–Kier alpha value is -3.32. The van der Waals surface area contributed by atoms with Gasteiger partial charge in [-0.05, 0) is 42.9 Å². The van der Waals surface area contributed by atoms with Gasteiger partial charge in [-0.3, -0.25) is 9.88 Å². The number of aromatic nitrogens is 3. The molecule has 37 heavy (non-hydrogen) atoms. The van der Waals surface area contributed by atoms with E-state index >= 15 is 0 Å². The summed E-state index contributed by atoms with van der Waals surface area (Å²) in [6, 6.07) is 16.0. The predicted molar refractivity (Wildman–Crippen MR) is 144 cm³/mol. The highest BCUT2D eigenvalue weighted by Gasteiger charge is 2.45. The second kappa shape index (κ2) is 11.0. The average Bonchev–Trinajstić information content (AvgIpc) is 3.32. The normalized spacial score (nSPS) is 22.1. The summed E-state index contributed by atoms with van der Waals surface area (Å²) in [5.41, 5.74) is 4.30. The molecule has 0 bridgehead atoms. The van der Waals surface area contributed by atoms with Gasteiger partial charge in [-0.1, -0.05) is 55.7 Å². The number of urea groups is 1. The molecular formula is C30H36N6O. The van der Waals surface area contributed by atoms with E-state index in [1.165, 1.54) is 36.7 Å². The molecule has 0 radical (unpaired) electrons. The molecule has 1 aliphatic carbocycles. The lowest BCUT2D eigenvalue weighted by Gasteiger charge is -2.39. The summed E-state index contributed by atoms with van der Waals surface area (Å²) in [5, 5.41) is 0. The number of pyridine rings is 1.